The summed E-state index contributed by atoms with van der Waals surface area (Å²) >= 11 is 0. The number of carbonyl (C=O) groups is 3. The zero-order valence-electron chi connectivity index (χ0n) is 12.3. The average Bonchev–Trinajstić information content (AvgIpc) is 2.44. The Labute approximate surface area is 114 Å². The molecule has 0 aliphatic carbocycles. The Balaban J connectivity index is 2.89. The Morgan fingerprint density at radius 3 is 2.53 bits per heavy atom. The summed E-state index contributed by atoms with van der Waals surface area (Å²) in [5.74, 6) is -0.813. The summed E-state index contributed by atoms with van der Waals surface area (Å²) in [6, 6.07) is 0. The van der Waals surface area contributed by atoms with E-state index in [9.17, 15) is 14.4 Å². The highest BCUT2D eigenvalue weighted by atomic mass is 16.2. The number of hydrogen-bond acceptors (Lipinski definition) is 3. The highest BCUT2D eigenvalue weighted by Crippen LogP contribution is 2.25. The zero-order valence-corrected chi connectivity index (χ0v) is 12.3. The van der Waals surface area contributed by atoms with Gasteiger partial charge in [0, 0.05) is 19.0 Å². The Hall–Kier alpha value is -1.39. The second-order valence-electron chi connectivity index (χ2n) is 5.81. The normalized spacial score (nSPS) is 20.0. The molecule has 0 bridgehead atoms. The van der Waals surface area contributed by atoms with Crippen LogP contribution in [0.1, 0.15) is 46.5 Å². The second-order valence-corrected chi connectivity index (χ2v) is 5.81. The first-order valence-electron chi connectivity index (χ1n) is 6.87. The minimum atomic E-state index is -0.640. The third-order valence-electron chi connectivity index (χ3n) is 4.06. The van der Waals surface area contributed by atoms with Gasteiger partial charge in [0.1, 0.15) is 6.17 Å². The van der Waals surface area contributed by atoms with Crippen molar-refractivity contribution in [1.29, 1.82) is 0 Å². The number of piperidine rings is 1. The van der Waals surface area contributed by atoms with Crippen LogP contribution in [0.5, 0.6) is 0 Å². The molecule has 0 saturated carbocycles. The number of Topliss-reactive ketones (excluding diaryl/α,β-unsaturated/α-hetero) is 1. The van der Waals surface area contributed by atoms with E-state index >= 15 is 0 Å². The molecule has 108 valence electrons. The van der Waals surface area contributed by atoms with E-state index < -0.39 is 11.3 Å². The van der Waals surface area contributed by atoms with Crippen LogP contribution in [0.2, 0.25) is 0 Å². The van der Waals surface area contributed by atoms with Crippen LogP contribution in [0.15, 0.2) is 0 Å². The number of carbonyl (C=O) groups excluding carboxylic acids is 3. The van der Waals surface area contributed by atoms with Crippen molar-refractivity contribution in [1.82, 2.24) is 9.80 Å². The molecule has 5 heteroatoms. The summed E-state index contributed by atoms with van der Waals surface area (Å²) in [7, 11) is 1.65. The van der Waals surface area contributed by atoms with Crippen molar-refractivity contribution in [3.05, 3.63) is 0 Å². The smallest absolute Gasteiger partial charge is 0.292 e. The molecule has 1 fully saturated rings. The predicted molar refractivity (Wildman–Crippen MR) is 72.3 cm³/mol. The lowest BCUT2D eigenvalue weighted by Crippen LogP contribution is -2.55. The molecule has 0 radical (unpaired) electrons. The summed E-state index contributed by atoms with van der Waals surface area (Å²) in [5, 5.41) is 0. The van der Waals surface area contributed by atoms with Gasteiger partial charge in [-0.05, 0) is 25.7 Å². The van der Waals surface area contributed by atoms with Crippen molar-refractivity contribution in [2.45, 2.75) is 52.6 Å². The number of rotatable bonds is 5. The first-order chi connectivity index (χ1) is 8.85. The van der Waals surface area contributed by atoms with Crippen molar-refractivity contribution in [3.63, 3.8) is 0 Å². The van der Waals surface area contributed by atoms with Gasteiger partial charge >= 0.3 is 0 Å². The third kappa shape index (κ3) is 3.33. The van der Waals surface area contributed by atoms with Gasteiger partial charge in [0.05, 0.1) is 0 Å². The molecular weight excluding hydrogens is 244 g/mol. The van der Waals surface area contributed by atoms with Crippen molar-refractivity contribution in [3.8, 4) is 0 Å². The van der Waals surface area contributed by atoms with Gasteiger partial charge in [0.25, 0.3) is 5.91 Å². The molecule has 0 aromatic rings. The van der Waals surface area contributed by atoms with Gasteiger partial charge < -0.3 is 9.80 Å². The lowest BCUT2D eigenvalue weighted by molar-refractivity contribution is -0.155. The van der Waals surface area contributed by atoms with E-state index in [-0.39, 0.29) is 11.9 Å². The molecule has 0 aromatic carbocycles. The predicted octanol–water partition coefficient (Wildman–Crippen LogP) is 1.42. The van der Waals surface area contributed by atoms with Crippen LogP contribution in [0.25, 0.3) is 0 Å². The van der Waals surface area contributed by atoms with E-state index in [1.807, 2.05) is 6.92 Å². The molecule has 1 aliphatic heterocycles. The number of hydrogen-bond donors (Lipinski definition) is 0. The molecule has 0 N–H and O–H groups in total. The lowest BCUT2D eigenvalue weighted by atomic mass is 9.84. The summed E-state index contributed by atoms with van der Waals surface area (Å²) in [6.45, 7) is 6.02. The summed E-state index contributed by atoms with van der Waals surface area (Å²) in [4.78, 5) is 38.5. The minimum Gasteiger partial charge on any atom is -0.328 e. The maximum absolute atomic E-state index is 12.4. The van der Waals surface area contributed by atoms with Gasteiger partial charge in [-0.3, -0.25) is 14.4 Å². The number of ketones is 1. The van der Waals surface area contributed by atoms with Crippen LogP contribution in [-0.2, 0) is 14.4 Å². The van der Waals surface area contributed by atoms with E-state index in [1.54, 1.807) is 25.8 Å². The average molecular weight is 268 g/mol. The maximum Gasteiger partial charge on any atom is 0.292 e. The quantitative estimate of drug-likeness (QED) is 0.559. The fourth-order valence-corrected chi connectivity index (χ4v) is 2.23. The second kappa shape index (κ2) is 6.17. The molecule has 1 rings (SSSR count). The van der Waals surface area contributed by atoms with E-state index in [1.165, 1.54) is 4.90 Å². The topological polar surface area (TPSA) is 57.7 Å². The standard InChI is InChI=1S/C14H24N2O3/c1-5-14(2,3)12(18)13(19)16-9-7-6-8-11(16)15(4)10-17/h10-11H,5-9H2,1-4H3/t11-/m0/s1. The molecule has 1 saturated heterocycles. The molecule has 1 heterocycles. The molecule has 0 unspecified atom stereocenters. The zero-order chi connectivity index (χ0) is 14.6. The van der Waals surface area contributed by atoms with Crippen LogP contribution in [0, 0.1) is 5.41 Å². The SMILES string of the molecule is CCC(C)(C)C(=O)C(=O)N1CCCC[C@H]1N(C)C=O. The number of likely N-dealkylation sites (tertiary alicyclic amines) is 1. The maximum atomic E-state index is 12.4. The molecule has 0 spiro atoms. The van der Waals surface area contributed by atoms with Crippen molar-refractivity contribution in [2.24, 2.45) is 5.41 Å². The fraction of sp³-hybridized carbons (Fsp3) is 0.786. The van der Waals surface area contributed by atoms with E-state index in [4.69, 9.17) is 0 Å². The minimum absolute atomic E-state index is 0.282. The molecule has 1 aliphatic rings. The van der Waals surface area contributed by atoms with Crippen LogP contribution >= 0.6 is 0 Å². The monoisotopic (exact) mass is 268 g/mol. The third-order valence-corrected chi connectivity index (χ3v) is 4.06. The van der Waals surface area contributed by atoms with E-state index in [0.717, 1.165) is 19.3 Å². The number of nitrogens with zero attached hydrogens (tertiary/aromatic N) is 2. The van der Waals surface area contributed by atoms with Crippen LogP contribution < -0.4 is 0 Å². The van der Waals surface area contributed by atoms with E-state index in [0.29, 0.717) is 19.4 Å². The molecule has 5 nitrogen and oxygen atoms in total. The molecule has 0 aromatic heterocycles. The van der Waals surface area contributed by atoms with Crippen LogP contribution in [0.3, 0.4) is 0 Å². The Morgan fingerprint density at radius 1 is 1.37 bits per heavy atom. The molecular formula is C14H24N2O3. The molecule has 2 amide bonds. The Kier molecular flexibility index (Phi) is 5.09. The van der Waals surface area contributed by atoms with Crippen molar-refractivity contribution >= 4 is 18.1 Å². The first-order valence-corrected chi connectivity index (χ1v) is 6.87. The summed E-state index contributed by atoms with van der Waals surface area (Å²) in [6.07, 6.45) is 3.65. The van der Waals surface area contributed by atoms with Crippen molar-refractivity contribution in [2.75, 3.05) is 13.6 Å². The van der Waals surface area contributed by atoms with Gasteiger partial charge in [0.2, 0.25) is 12.2 Å². The van der Waals surface area contributed by atoms with Gasteiger partial charge in [0.15, 0.2) is 0 Å². The van der Waals surface area contributed by atoms with Gasteiger partial charge in [-0.2, -0.15) is 0 Å². The fourth-order valence-electron chi connectivity index (χ4n) is 2.23. The Bertz CT molecular complexity index is 366. The highest BCUT2D eigenvalue weighted by Gasteiger charge is 2.38. The number of amides is 2. The molecule has 19 heavy (non-hydrogen) atoms. The van der Waals surface area contributed by atoms with Crippen LogP contribution in [0.4, 0.5) is 0 Å². The van der Waals surface area contributed by atoms with Crippen molar-refractivity contribution < 1.29 is 14.4 Å². The first kappa shape index (κ1) is 15.7. The largest absolute Gasteiger partial charge is 0.328 e. The van der Waals surface area contributed by atoms with Gasteiger partial charge in [-0.1, -0.05) is 20.8 Å². The molecule has 1 atom stereocenters. The lowest BCUT2D eigenvalue weighted by Gasteiger charge is -2.40. The van der Waals surface area contributed by atoms with Gasteiger partial charge in [-0.15, -0.1) is 0 Å². The van der Waals surface area contributed by atoms with Gasteiger partial charge in [-0.25, -0.2) is 0 Å². The summed E-state index contributed by atoms with van der Waals surface area (Å²) < 4.78 is 0. The van der Waals surface area contributed by atoms with Crippen LogP contribution in [-0.4, -0.2) is 47.7 Å². The van der Waals surface area contributed by atoms with E-state index in [2.05, 4.69) is 0 Å². The highest BCUT2D eigenvalue weighted by molar-refractivity contribution is 6.38. The Morgan fingerprint density at radius 2 is 2.00 bits per heavy atom. The summed E-state index contributed by atoms with van der Waals surface area (Å²) in [5.41, 5.74) is -0.640.